The normalized spacial score (nSPS) is 17.0. The van der Waals surface area contributed by atoms with Crippen LogP contribution in [0.25, 0.3) is 0 Å². The van der Waals surface area contributed by atoms with E-state index in [1.165, 1.54) is 0 Å². The topological polar surface area (TPSA) is 77.2 Å². The van der Waals surface area contributed by atoms with Crippen LogP contribution in [-0.4, -0.2) is 58.7 Å². The second-order valence-corrected chi connectivity index (χ2v) is 7.42. The summed E-state index contributed by atoms with van der Waals surface area (Å²) in [6.07, 6.45) is 4.92. The molecular formula is C20H29ClN6O. The van der Waals surface area contributed by atoms with Crippen LogP contribution in [0.3, 0.4) is 0 Å². The van der Waals surface area contributed by atoms with Crippen LogP contribution in [0.5, 0.6) is 0 Å². The summed E-state index contributed by atoms with van der Waals surface area (Å²) in [6, 6.07) is 6.05. The summed E-state index contributed by atoms with van der Waals surface area (Å²) in [6.45, 7) is 7.24. The smallest absolute Gasteiger partial charge is 0.274 e. The molecule has 4 heterocycles. The molecule has 4 rings (SSSR count). The molecule has 7 nitrogen and oxygen atoms in total. The lowest BCUT2D eigenvalue weighted by molar-refractivity contribution is 0.0722. The van der Waals surface area contributed by atoms with Crippen LogP contribution in [0.1, 0.15) is 41.5 Å². The van der Waals surface area contributed by atoms with E-state index in [2.05, 4.69) is 38.4 Å². The van der Waals surface area contributed by atoms with Gasteiger partial charge in [-0.2, -0.15) is 5.10 Å². The zero-order valence-corrected chi connectivity index (χ0v) is 17.2. The fourth-order valence-corrected chi connectivity index (χ4v) is 4.10. The Morgan fingerprint density at radius 3 is 2.86 bits per heavy atom. The molecule has 2 aliphatic heterocycles. The summed E-state index contributed by atoms with van der Waals surface area (Å²) in [5, 5.41) is 10.7. The number of carbonyl (C=O) groups is 1. The summed E-state index contributed by atoms with van der Waals surface area (Å²) in [7, 11) is 0. The number of piperidine rings is 1. The number of amides is 1. The van der Waals surface area contributed by atoms with Crippen LogP contribution in [-0.2, 0) is 13.0 Å². The molecule has 0 atom stereocenters. The van der Waals surface area contributed by atoms with Crippen LogP contribution in [0.2, 0.25) is 0 Å². The number of hydrogen-bond acceptors (Lipinski definition) is 5. The van der Waals surface area contributed by atoms with Gasteiger partial charge in [-0.25, -0.2) is 4.98 Å². The van der Waals surface area contributed by atoms with Gasteiger partial charge in [0.2, 0.25) is 0 Å². The number of halogens is 1. The maximum absolute atomic E-state index is 13.1. The van der Waals surface area contributed by atoms with Gasteiger partial charge in [0.1, 0.15) is 5.82 Å². The third-order valence-corrected chi connectivity index (χ3v) is 5.74. The highest BCUT2D eigenvalue weighted by Gasteiger charge is 2.28. The predicted molar refractivity (Wildman–Crippen MR) is 112 cm³/mol. The third-order valence-electron chi connectivity index (χ3n) is 5.74. The zero-order chi connectivity index (χ0) is 18.6. The predicted octanol–water partition coefficient (Wildman–Crippen LogP) is 2.25. The average molecular weight is 405 g/mol. The Morgan fingerprint density at radius 1 is 1.32 bits per heavy atom. The van der Waals surface area contributed by atoms with Crippen LogP contribution in [0.15, 0.2) is 24.4 Å². The SMILES string of the molecule is CCN(CC1CCN(c2ccccn2)CC1)C(=O)c1n[nH]c2c1CNCC2.Cl. The minimum absolute atomic E-state index is 0. The average Bonchev–Trinajstić information content (AvgIpc) is 3.17. The fraction of sp³-hybridized carbons (Fsp3) is 0.550. The first-order chi connectivity index (χ1) is 13.3. The maximum atomic E-state index is 13.1. The fourth-order valence-electron chi connectivity index (χ4n) is 4.10. The molecule has 0 saturated carbocycles. The first-order valence-corrected chi connectivity index (χ1v) is 9.98. The molecule has 0 unspecified atom stereocenters. The second kappa shape index (κ2) is 9.39. The van der Waals surface area contributed by atoms with E-state index in [0.717, 1.165) is 69.1 Å². The number of H-pyrrole nitrogens is 1. The standard InChI is InChI=1S/C20H28N6O.ClH/c1-2-25(20(27)19-16-13-21-10-6-17(16)23-24-19)14-15-7-11-26(12-8-15)18-5-3-4-9-22-18;/h3-5,9,15,21H,2,6-8,10-14H2,1H3,(H,23,24);1H. The van der Waals surface area contributed by atoms with E-state index in [0.29, 0.717) is 18.2 Å². The number of carbonyl (C=O) groups excluding carboxylic acids is 1. The molecule has 28 heavy (non-hydrogen) atoms. The van der Waals surface area contributed by atoms with Crippen molar-refractivity contribution in [1.29, 1.82) is 0 Å². The molecule has 1 fully saturated rings. The van der Waals surface area contributed by atoms with Gasteiger partial charge in [-0.1, -0.05) is 6.07 Å². The number of nitrogens with one attached hydrogen (secondary N) is 2. The quantitative estimate of drug-likeness (QED) is 0.799. The van der Waals surface area contributed by atoms with Crippen LogP contribution in [0, 0.1) is 5.92 Å². The molecule has 1 amide bonds. The minimum Gasteiger partial charge on any atom is -0.357 e. The lowest BCUT2D eigenvalue weighted by Crippen LogP contribution is -2.41. The van der Waals surface area contributed by atoms with E-state index in [1.807, 2.05) is 23.2 Å². The van der Waals surface area contributed by atoms with E-state index in [4.69, 9.17) is 0 Å². The Hall–Kier alpha value is -2.12. The summed E-state index contributed by atoms with van der Waals surface area (Å²) < 4.78 is 0. The van der Waals surface area contributed by atoms with Crippen molar-refractivity contribution in [2.24, 2.45) is 5.92 Å². The first kappa shape index (κ1) is 20.6. The van der Waals surface area contributed by atoms with Gasteiger partial charge >= 0.3 is 0 Å². The van der Waals surface area contributed by atoms with Crippen molar-refractivity contribution in [2.45, 2.75) is 32.7 Å². The number of pyridine rings is 1. The number of anilines is 1. The van der Waals surface area contributed by atoms with Crippen molar-refractivity contribution in [3.8, 4) is 0 Å². The van der Waals surface area contributed by atoms with Crippen molar-refractivity contribution in [2.75, 3.05) is 37.6 Å². The van der Waals surface area contributed by atoms with E-state index in [-0.39, 0.29) is 18.3 Å². The van der Waals surface area contributed by atoms with E-state index >= 15 is 0 Å². The van der Waals surface area contributed by atoms with Crippen molar-refractivity contribution < 1.29 is 4.79 Å². The van der Waals surface area contributed by atoms with Crippen molar-refractivity contribution in [1.82, 2.24) is 25.4 Å². The monoisotopic (exact) mass is 404 g/mol. The molecule has 2 aromatic heterocycles. The molecule has 0 spiro atoms. The van der Waals surface area contributed by atoms with E-state index < -0.39 is 0 Å². The summed E-state index contributed by atoms with van der Waals surface area (Å²) in [4.78, 5) is 21.8. The molecule has 2 aliphatic rings. The zero-order valence-electron chi connectivity index (χ0n) is 16.4. The van der Waals surface area contributed by atoms with Crippen molar-refractivity contribution >= 4 is 24.1 Å². The highest BCUT2D eigenvalue weighted by atomic mass is 35.5. The van der Waals surface area contributed by atoms with E-state index in [1.54, 1.807) is 0 Å². The molecule has 0 bridgehead atoms. The number of fused-ring (bicyclic) bond motifs is 1. The lowest BCUT2D eigenvalue weighted by Gasteiger charge is -2.35. The van der Waals surface area contributed by atoms with Crippen LogP contribution in [0.4, 0.5) is 5.82 Å². The molecule has 0 aliphatic carbocycles. The Labute approximate surface area is 172 Å². The molecule has 0 radical (unpaired) electrons. The largest absolute Gasteiger partial charge is 0.357 e. The van der Waals surface area contributed by atoms with Crippen molar-refractivity contribution in [3.05, 3.63) is 41.3 Å². The number of aromatic amines is 1. The van der Waals surface area contributed by atoms with E-state index in [9.17, 15) is 4.79 Å². The molecular weight excluding hydrogens is 376 g/mol. The number of hydrogen-bond donors (Lipinski definition) is 2. The highest BCUT2D eigenvalue weighted by Crippen LogP contribution is 2.24. The van der Waals surface area contributed by atoms with Gasteiger partial charge in [-0.15, -0.1) is 12.4 Å². The highest BCUT2D eigenvalue weighted by molar-refractivity contribution is 5.94. The molecule has 1 saturated heterocycles. The maximum Gasteiger partial charge on any atom is 0.274 e. The Bertz CT molecular complexity index is 772. The van der Waals surface area contributed by atoms with Crippen LogP contribution < -0.4 is 10.2 Å². The van der Waals surface area contributed by atoms with Gasteiger partial charge in [0.05, 0.1) is 0 Å². The van der Waals surface area contributed by atoms with Gasteiger partial charge in [0.15, 0.2) is 5.69 Å². The molecule has 8 heteroatoms. The van der Waals surface area contributed by atoms with Crippen molar-refractivity contribution in [3.63, 3.8) is 0 Å². The Balaban J connectivity index is 0.00000225. The Kier molecular flexibility index (Phi) is 6.91. The summed E-state index contributed by atoms with van der Waals surface area (Å²) in [5.41, 5.74) is 2.76. The van der Waals surface area contributed by atoms with Gasteiger partial charge < -0.3 is 15.1 Å². The van der Waals surface area contributed by atoms with Gasteiger partial charge in [0, 0.05) is 63.1 Å². The lowest BCUT2D eigenvalue weighted by atomic mass is 9.95. The third kappa shape index (κ3) is 4.31. The molecule has 2 aromatic rings. The molecule has 152 valence electrons. The number of nitrogens with zero attached hydrogens (tertiary/aromatic N) is 4. The number of aromatic nitrogens is 3. The first-order valence-electron chi connectivity index (χ1n) is 9.98. The molecule has 2 N–H and O–H groups in total. The second-order valence-electron chi connectivity index (χ2n) is 7.42. The summed E-state index contributed by atoms with van der Waals surface area (Å²) >= 11 is 0. The van der Waals surface area contributed by atoms with Gasteiger partial charge in [-0.05, 0) is 37.8 Å². The number of rotatable bonds is 5. The minimum atomic E-state index is 0. The summed E-state index contributed by atoms with van der Waals surface area (Å²) in [5.74, 6) is 1.64. The van der Waals surface area contributed by atoms with Gasteiger partial charge in [-0.3, -0.25) is 9.89 Å². The van der Waals surface area contributed by atoms with Gasteiger partial charge in [0.25, 0.3) is 5.91 Å². The Morgan fingerprint density at radius 2 is 2.14 bits per heavy atom. The molecule has 0 aromatic carbocycles. The van der Waals surface area contributed by atoms with Crippen LogP contribution >= 0.6 is 12.4 Å².